The van der Waals surface area contributed by atoms with Crippen molar-refractivity contribution in [2.75, 3.05) is 26.7 Å². The maximum atomic E-state index is 13.3. The fourth-order valence-electron chi connectivity index (χ4n) is 2.78. The summed E-state index contributed by atoms with van der Waals surface area (Å²) in [6.07, 6.45) is 1.27. The van der Waals surface area contributed by atoms with Gasteiger partial charge in [0.15, 0.2) is 0 Å². The lowest BCUT2D eigenvalue weighted by Crippen LogP contribution is -2.48. The summed E-state index contributed by atoms with van der Waals surface area (Å²) in [5, 5.41) is 3.29. The highest BCUT2D eigenvalue weighted by atomic mass is 19.1. The summed E-state index contributed by atoms with van der Waals surface area (Å²) in [5.41, 5.74) is 1.02. The lowest BCUT2D eigenvalue weighted by atomic mass is 10.0. The molecule has 0 saturated carbocycles. The Morgan fingerprint density at radius 1 is 1.45 bits per heavy atom. The molecule has 112 valence electrons. The molecule has 1 aromatic carbocycles. The molecular weight excluding hydrogens is 255 g/mol. The van der Waals surface area contributed by atoms with E-state index in [1.54, 1.807) is 12.1 Å². The zero-order chi connectivity index (χ0) is 14.5. The van der Waals surface area contributed by atoms with Crippen LogP contribution in [-0.4, -0.2) is 43.8 Å². The van der Waals surface area contributed by atoms with Gasteiger partial charge in [0.05, 0.1) is 12.7 Å². The van der Waals surface area contributed by atoms with Gasteiger partial charge in [-0.2, -0.15) is 0 Å². The van der Waals surface area contributed by atoms with Crippen LogP contribution >= 0.6 is 0 Å². The van der Waals surface area contributed by atoms with Gasteiger partial charge in [-0.1, -0.05) is 12.1 Å². The molecule has 0 radical (unpaired) electrons. The minimum Gasteiger partial charge on any atom is -0.376 e. The zero-order valence-corrected chi connectivity index (χ0v) is 12.6. The molecule has 1 saturated heterocycles. The highest BCUT2D eigenvalue weighted by Crippen LogP contribution is 2.20. The van der Waals surface area contributed by atoms with Crippen LogP contribution in [0.5, 0.6) is 0 Å². The Hall–Kier alpha value is -0.970. The number of morpholine rings is 1. The topological polar surface area (TPSA) is 24.5 Å². The van der Waals surface area contributed by atoms with Crippen LogP contribution in [-0.2, 0) is 4.74 Å². The second-order valence-corrected chi connectivity index (χ2v) is 5.67. The van der Waals surface area contributed by atoms with Gasteiger partial charge in [0.25, 0.3) is 0 Å². The van der Waals surface area contributed by atoms with Gasteiger partial charge in [-0.3, -0.25) is 4.90 Å². The van der Waals surface area contributed by atoms with E-state index in [4.69, 9.17) is 4.74 Å². The number of ether oxygens (including phenoxy) is 1. The van der Waals surface area contributed by atoms with E-state index in [1.807, 2.05) is 13.1 Å². The summed E-state index contributed by atoms with van der Waals surface area (Å²) < 4.78 is 19.0. The van der Waals surface area contributed by atoms with E-state index in [-0.39, 0.29) is 11.9 Å². The van der Waals surface area contributed by atoms with Crippen molar-refractivity contribution < 1.29 is 9.13 Å². The second-order valence-electron chi connectivity index (χ2n) is 5.67. The maximum Gasteiger partial charge on any atom is 0.123 e. The maximum absolute atomic E-state index is 13.3. The van der Waals surface area contributed by atoms with Crippen molar-refractivity contribution >= 4 is 0 Å². The molecule has 3 nitrogen and oxygen atoms in total. The molecule has 0 aliphatic carbocycles. The van der Waals surface area contributed by atoms with Crippen molar-refractivity contribution in [3.05, 3.63) is 35.6 Å². The van der Waals surface area contributed by atoms with Gasteiger partial charge in [-0.25, -0.2) is 4.39 Å². The zero-order valence-electron chi connectivity index (χ0n) is 12.6. The van der Waals surface area contributed by atoms with Gasteiger partial charge < -0.3 is 10.1 Å². The third kappa shape index (κ3) is 4.01. The van der Waals surface area contributed by atoms with Gasteiger partial charge in [0.1, 0.15) is 5.82 Å². The van der Waals surface area contributed by atoms with Crippen LogP contribution < -0.4 is 5.32 Å². The Kier molecular flexibility index (Phi) is 5.52. The minimum absolute atomic E-state index is 0.170. The molecule has 3 atom stereocenters. The van der Waals surface area contributed by atoms with Crippen molar-refractivity contribution in [1.29, 1.82) is 0 Å². The highest BCUT2D eigenvalue weighted by Gasteiger charge is 2.24. The van der Waals surface area contributed by atoms with Crippen molar-refractivity contribution in [1.82, 2.24) is 10.2 Å². The summed E-state index contributed by atoms with van der Waals surface area (Å²) in [4.78, 5) is 2.46. The van der Waals surface area contributed by atoms with Crippen molar-refractivity contribution in [2.45, 2.75) is 38.5 Å². The third-order valence-electron chi connectivity index (χ3n) is 4.04. The first-order valence-corrected chi connectivity index (χ1v) is 7.38. The van der Waals surface area contributed by atoms with E-state index in [0.29, 0.717) is 12.1 Å². The van der Waals surface area contributed by atoms with E-state index >= 15 is 0 Å². The highest BCUT2D eigenvalue weighted by molar-refractivity contribution is 5.20. The Bertz CT molecular complexity index is 427. The van der Waals surface area contributed by atoms with Gasteiger partial charge in [-0.05, 0) is 45.0 Å². The first-order valence-electron chi connectivity index (χ1n) is 7.38. The quantitative estimate of drug-likeness (QED) is 0.897. The van der Waals surface area contributed by atoms with Crippen LogP contribution in [0, 0.1) is 5.82 Å². The number of hydrogen-bond donors (Lipinski definition) is 1. The standard InChI is InChI=1S/C16H25FN2O/c1-12-11-20-13(2)10-19(12)8-7-16(18-3)14-5-4-6-15(17)9-14/h4-6,9,12-13,16,18H,7-8,10-11H2,1-3H3. The summed E-state index contributed by atoms with van der Waals surface area (Å²) in [6.45, 7) is 7.08. The summed E-state index contributed by atoms with van der Waals surface area (Å²) >= 11 is 0. The molecule has 0 spiro atoms. The van der Waals surface area contributed by atoms with Crippen molar-refractivity contribution in [2.24, 2.45) is 0 Å². The predicted octanol–water partition coefficient (Wildman–Crippen LogP) is 2.59. The van der Waals surface area contributed by atoms with Crippen LogP contribution in [0.25, 0.3) is 0 Å². The van der Waals surface area contributed by atoms with Crippen LogP contribution in [0.3, 0.4) is 0 Å². The Balaban J connectivity index is 1.93. The molecule has 1 heterocycles. The van der Waals surface area contributed by atoms with Gasteiger partial charge >= 0.3 is 0 Å². The Morgan fingerprint density at radius 2 is 2.25 bits per heavy atom. The van der Waals surface area contributed by atoms with E-state index in [0.717, 1.165) is 31.7 Å². The second kappa shape index (κ2) is 7.16. The molecule has 2 rings (SSSR count). The van der Waals surface area contributed by atoms with Crippen LogP contribution in [0.15, 0.2) is 24.3 Å². The van der Waals surface area contributed by atoms with E-state index in [9.17, 15) is 4.39 Å². The normalized spacial score (nSPS) is 25.6. The average Bonchev–Trinajstić information content (AvgIpc) is 2.43. The van der Waals surface area contributed by atoms with Crippen LogP contribution in [0.2, 0.25) is 0 Å². The number of halogens is 1. The Morgan fingerprint density at radius 3 is 2.95 bits per heavy atom. The lowest BCUT2D eigenvalue weighted by Gasteiger charge is -2.37. The average molecular weight is 280 g/mol. The number of hydrogen-bond acceptors (Lipinski definition) is 3. The lowest BCUT2D eigenvalue weighted by molar-refractivity contribution is -0.0502. The molecule has 3 unspecified atom stereocenters. The van der Waals surface area contributed by atoms with Crippen LogP contribution in [0.1, 0.15) is 31.9 Å². The molecule has 20 heavy (non-hydrogen) atoms. The predicted molar refractivity (Wildman–Crippen MR) is 79.3 cm³/mol. The van der Waals surface area contributed by atoms with Gasteiger partial charge in [-0.15, -0.1) is 0 Å². The van der Waals surface area contributed by atoms with Crippen molar-refractivity contribution in [3.63, 3.8) is 0 Å². The summed E-state index contributed by atoms with van der Waals surface area (Å²) in [5.74, 6) is -0.170. The molecule has 1 aliphatic rings. The number of nitrogens with zero attached hydrogens (tertiary/aromatic N) is 1. The molecule has 0 aromatic heterocycles. The van der Waals surface area contributed by atoms with Crippen LogP contribution in [0.4, 0.5) is 4.39 Å². The monoisotopic (exact) mass is 280 g/mol. The molecule has 1 fully saturated rings. The van der Waals surface area contributed by atoms with E-state index in [1.165, 1.54) is 6.07 Å². The minimum atomic E-state index is -0.170. The fourth-order valence-corrected chi connectivity index (χ4v) is 2.78. The molecule has 0 amide bonds. The smallest absolute Gasteiger partial charge is 0.123 e. The molecule has 1 aromatic rings. The van der Waals surface area contributed by atoms with Gasteiger partial charge in [0, 0.05) is 25.2 Å². The van der Waals surface area contributed by atoms with E-state index in [2.05, 4.69) is 24.1 Å². The van der Waals surface area contributed by atoms with Crippen molar-refractivity contribution in [3.8, 4) is 0 Å². The fraction of sp³-hybridized carbons (Fsp3) is 0.625. The first kappa shape index (κ1) is 15.4. The van der Waals surface area contributed by atoms with E-state index < -0.39 is 0 Å². The molecule has 0 bridgehead atoms. The molecular formula is C16H25FN2O. The number of nitrogens with one attached hydrogen (secondary N) is 1. The largest absolute Gasteiger partial charge is 0.376 e. The van der Waals surface area contributed by atoms with Gasteiger partial charge in [0.2, 0.25) is 0 Å². The summed E-state index contributed by atoms with van der Waals surface area (Å²) in [7, 11) is 1.93. The molecule has 1 N–H and O–H groups in total. The molecule has 4 heteroatoms. The first-order chi connectivity index (χ1) is 9.60. The SMILES string of the molecule is CNC(CCN1CC(C)OCC1C)c1cccc(F)c1. The molecule has 1 aliphatic heterocycles. The summed E-state index contributed by atoms with van der Waals surface area (Å²) in [6, 6.07) is 7.51. The Labute approximate surface area is 121 Å². The number of benzene rings is 1. The third-order valence-corrected chi connectivity index (χ3v) is 4.04. The number of rotatable bonds is 5.